The zero-order valence-corrected chi connectivity index (χ0v) is 23.6. The molecule has 1 unspecified atom stereocenters. The van der Waals surface area contributed by atoms with E-state index in [1.165, 1.54) is 16.7 Å². The maximum atomic E-state index is 13.3. The van der Waals surface area contributed by atoms with Gasteiger partial charge in [-0.3, -0.25) is 4.79 Å². The summed E-state index contributed by atoms with van der Waals surface area (Å²) in [6, 6.07) is 31.9. The fourth-order valence-electron chi connectivity index (χ4n) is 4.60. The van der Waals surface area contributed by atoms with Crippen molar-refractivity contribution >= 4 is 23.6 Å². The summed E-state index contributed by atoms with van der Waals surface area (Å²) in [7, 11) is 0. The van der Waals surface area contributed by atoms with Gasteiger partial charge in [-0.25, -0.2) is 4.79 Å². The second kappa shape index (κ2) is 14.8. The summed E-state index contributed by atoms with van der Waals surface area (Å²) in [5, 5.41) is 12.4. The first-order chi connectivity index (χ1) is 18.5. The van der Waals surface area contributed by atoms with Crippen LogP contribution in [0, 0.1) is 6.92 Å². The third-order valence-corrected chi connectivity index (χ3v) is 7.36. The molecule has 0 fully saturated rings. The van der Waals surface area contributed by atoms with Gasteiger partial charge in [0.1, 0.15) is 6.04 Å². The summed E-state index contributed by atoms with van der Waals surface area (Å²) < 4.78 is 0. The van der Waals surface area contributed by atoms with Gasteiger partial charge in [-0.05, 0) is 83.2 Å². The first-order valence-electron chi connectivity index (χ1n) is 12.8. The Morgan fingerprint density at radius 1 is 0.821 bits per heavy atom. The van der Waals surface area contributed by atoms with Gasteiger partial charge in [-0.15, -0.1) is 0 Å². The molecule has 1 amide bonds. The molecule has 196 valence electrons. The normalized spacial score (nSPS) is 11.3. The molecule has 2 N–H and O–H groups in total. The average molecular weight is 532 g/mol. The maximum Gasteiger partial charge on any atom is 1.00 e. The monoisotopic (exact) mass is 531 g/mol. The van der Waals surface area contributed by atoms with Gasteiger partial charge >= 0.3 is 24.8 Å². The van der Waals surface area contributed by atoms with Crippen LogP contribution >= 0.6 is 11.8 Å². The number of hydrogen-bond donors (Lipinski definition) is 2. The molecule has 4 rings (SSSR count). The second-order valence-electron chi connectivity index (χ2n) is 9.41. The van der Waals surface area contributed by atoms with E-state index in [0.717, 1.165) is 35.1 Å². The number of amides is 1. The first kappa shape index (κ1) is 30.3. The van der Waals surface area contributed by atoms with Crippen LogP contribution in [-0.4, -0.2) is 35.0 Å². The standard InChI is InChI=1S/C33H33NO3S.Li.H/c1-23-9-6-7-14-28(23)30-22-25(17-18-29(30)32(35)34-31(33(36)37)19-20-38-2)16-15-24-10-8-13-27(21-24)26-11-4-3-5-12-26;;/h3-14,17-18,21-22,31H,15-16,19-20H2,1-2H3,(H,34,35)(H,36,37);;/q;+1;-1. The minimum atomic E-state index is -1.01. The molecule has 0 radical (unpaired) electrons. The van der Waals surface area contributed by atoms with E-state index in [9.17, 15) is 14.7 Å². The predicted octanol–water partition coefficient (Wildman–Crippen LogP) is 4.17. The van der Waals surface area contributed by atoms with Crippen LogP contribution in [0.2, 0.25) is 0 Å². The van der Waals surface area contributed by atoms with Crippen molar-refractivity contribution in [3.05, 3.63) is 119 Å². The number of carboxylic acid groups (broad SMARTS) is 1. The zero-order valence-electron chi connectivity index (χ0n) is 23.8. The molecule has 0 saturated carbocycles. The molecular formula is C33H34LiNO3S. The molecule has 0 aliphatic carbocycles. The van der Waals surface area contributed by atoms with Crippen LogP contribution in [0.4, 0.5) is 0 Å². The Morgan fingerprint density at radius 3 is 2.18 bits per heavy atom. The van der Waals surface area contributed by atoms with Crippen LogP contribution in [0.3, 0.4) is 0 Å². The van der Waals surface area contributed by atoms with Crippen LogP contribution in [0.15, 0.2) is 97.1 Å². The third kappa shape index (κ3) is 8.13. The van der Waals surface area contributed by atoms with E-state index in [1.54, 1.807) is 11.8 Å². The number of aryl methyl sites for hydroxylation is 3. The predicted molar refractivity (Wildman–Crippen MR) is 159 cm³/mol. The molecule has 0 aliphatic rings. The molecule has 0 heterocycles. The molecule has 4 aromatic carbocycles. The Hall–Kier alpha value is -3.23. The number of aliphatic carboxylic acids is 1. The van der Waals surface area contributed by atoms with Crippen molar-refractivity contribution in [2.75, 3.05) is 12.0 Å². The van der Waals surface area contributed by atoms with Crippen LogP contribution in [0.25, 0.3) is 22.3 Å². The molecule has 1 atom stereocenters. The summed E-state index contributed by atoms with van der Waals surface area (Å²) in [6.45, 7) is 2.03. The van der Waals surface area contributed by atoms with Gasteiger partial charge in [0.15, 0.2) is 0 Å². The maximum absolute atomic E-state index is 13.3. The van der Waals surface area contributed by atoms with Crippen molar-refractivity contribution in [1.82, 2.24) is 5.32 Å². The molecule has 0 spiro atoms. The van der Waals surface area contributed by atoms with E-state index < -0.39 is 12.0 Å². The van der Waals surface area contributed by atoms with Crippen LogP contribution in [-0.2, 0) is 17.6 Å². The molecule has 4 nitrogen and oxygen atoms in total. The van der Waals surface area contributed by atoms with Crippen molar-refractivity contribution in [2.24, 2.45) is 0 Å². The van der Waals surface area contributed by atoms with Gasteiger partial charge in [-0.2, -0.15) is 11.8 Å². The Bertz CT molecular complexity index is 1410. The Balaban J connectivity index is 0.00000280. The molecule has 0 bridgehead atoms. The van der Waals surface area contributed by atoms with Gasteiger partial charge in [0.25, 0.3) is 5.91 Å². The molecule has 39 heavy (non-hydrogen) atoms. The quantitative estimate of drug-likeness (QED) is 0.285. The Morgan fingerprint density at radius 2 is 1.49 bits per heavy atom. The van der Waals surface area contributed by atoms with Crippen molar-refractivity contribution < 1.29 is 35.0 Å². The van der Waals surface area contributed by atoms with E-state index in [2.05, 4.69) is 47.8 Å². The van der Waals surface area contributed by atoms with Gasteiger partial charge in [0.2, 0.25) is 0 Å². The third-order valence-electron chi connectivity index (χ3n) is 6.71. The number of carbonyl (C=O) groups is 2. The van der Waals surface area contributed by atoms with Crippen LogP contribution in [0.5, 0.6) is 0 Å². The summed E-state index contributed by atoms with van der Waals surface area (Å²) in [6.07, 6.45) is 4.00. The van der Waals surface area contributed by atoms with Gasteiger partial charge in [-0.1, -0.05) is 91.0 Å². The largest absolute Gasteiger partial charge is 1.00 e. The van der Waals surface area contributed by atoms with Crippen molar-refractivity contribution in [1.29, 1.82) is 0 Å². The molecule has 0 aliphatic heterocycles. The average Bonchev–Trinajstić information content (AvgIpc) is 2.94. The molecule has 6 heteroatoms. The van der Waals surface area contributed by atoms with Gasteiger partial charge in [0.05, 0.1) is 0 Å². The fraction of sp³-hybridized carbons (Fsp3) is 0.212. The number of hydrogen-bond acceptors (Lipinski definition) is 3. The number of carbonyl (C=O) groups excluding carboxylic acids is 1. The summed E-state index contributed by atoms with van der Waals surface area (Å²) >= 11 is 1.56. The van der Waals surface area contributed by atoms with E-state index in [4.69, 9.17) is 0 Å². The molecular weight excluding hydrogens is 497 g/mol. The smallest absolute Gasteiger partial charge is 1.00 e. The first-order valence-corrected chi connectivity index (χ1v) is 14.2. The molecule has 0 saturated heterocycles. The SMILES string of the molecule is CSCCC(NC(=O)c1ccc(CCc2cccc(-c3ccccc3)c2)cc1-c1ccccc1C)C(=O)O.[H-].[Li+]. The van der Waals surface area contributed by atoms with Gasteiger partial charge < -0.3 is 11.8 Å². The number of nitrogens with one attached hydrogen (secondary N) is 1. The van der Waals surface area contributed by atoms with Crippen molar-refractivity contribution in [3.8, 4) is 22.3 Å². The van der Waals surface area contributed by atoms with Crippen molar-refractivity contribution in [2.45, 2.75) is 32.2 Å². The summed E-state index contributed by atoms with van der Waals surface area (Å²) in [4.78, 5) is 25.1. The van der Waals surface area contributed by atoms with Crippen LogP contribution < -0.4 is 24.2 Å². The van der Waals surface area contributed by atoms with Gasteiger partial charge in [0, 0.05) is 5.56 Å². The minimum absolute atomic E-state index is 0. The van der Waals surface area contributed by atoms with E-state index in [-0.39, 0.29) is 26.2 Å². The van der Waals surface area contributed by atoms with Crippen molar-refractivity contribution in [3.63, 3.8) is 0 Å². The number of rotatable bonds is 11. The summed E-state index contributed by atoms with van der Waals surface area (Å²) in [5.74, 6) is -0.718. The topological polar surface area (TPSA) is 66.4 Å². The number of benzene rings is 4. The fourth-order valence-corrected chi connectivity index (χ4v) is 5.07. The summed E-state index contributed by atoms with van der Waals surface area (Å²) in [5.41, 5.74) is 8.13. The Labute approximate surface area is 248 Å². The van der Waals surface area contributed by atoms with E-state index in [1.807, 2.05) is 67.8 Å². The number of carboxylic acids is 1. The van der Waals surface area contributed by atoms with Crippen LogP contribution in [0.1, 0.15) is 34.9 Å². The Kier molecular flexibility index (Phi) is 11.5. The minimum Gasteiger partial charge on any atom is -1.00 e. The van der Waals surface area contributed by atoms with E-state index in [0.29, 0.717) is 17.7 Å². The second-order valence-corrected chi connectivity index (χ2v) is 10.4. The molecule has 4 aromatic rings. The molecule has 0 aromatic heterocycles. The number of thioether (sulfide) groups is 1. The zero-order chi connectivity index (χ0) is 26.9. The van der Waals surface area contributed by atoms with E-state index >= 15 is 0 Å².